The number of aryl methyl sites for hydroxylation is 2. The van der Waals surface area contributed by atoms with E-state index in [4.69, 9.17) is 9.15 Å². The summed E-state index contributed by atoms with van der Waals surface area (Å²) in [5.74, 6) is 2.27. The van der Waals surface area contributed by atoms with Gasteiger partial charge in [0.15, 0.2) is 17.5 Å². The molecule has 0 saturated carbocycles. The number of halogens is 1. The Morgan fingerprint density at radius 2 is 2.08 bits per heavy atom. The van der Waals surface area contributed by atoms with Crippen molar-refractivity contribution < 1.29 is 13.5 Å². The number of aliphatic imine (C=N–C) groups is 1. The van der Waals surface area contributed by atoms with Gasteiger partial charge in [0.2, 0.25) is 0 Å². The van der Waals surface area contributed by atoms with E-state index in [-0.39, 0.29) is 17.6 Å². The molecule has 0 saturated heterocycles. The molecule has 0 fully saturated rings. The predicted octanol–water partition coefficient (Wildman–Crippen LogP) is 3.47. The maximum Gasteiger partial charge on any atom is 0.191 e. The molecule has 0 radical (unpaired) electrons. The van der Waals surface area contributed by atoms with Crippen LogP contribution >= 0.6 is 0 Å². The Balaban J connectivity index is 1.99. The highest BCUT2D eigenvalue weighted by Gasteiger charge is 2.12. The Morgan fingerprint density at radius 1 is 1.33 bits per heavy atom. The third-order valence-electron chi connectivity index (χ3n) is 3.84. The van der Waals surface area contributed by atoms with Gasteiger partial charge in [0.1, 0.15) is 11.5 Å². The molecule has 1 aromatic carbocycles. The zero-order valence-corrected chi connectivity index (χ0v) is 14.7. The first kappa shape index (κ1) is 17.8. The first-order valence-electron chi connectivity index (χ1n) is 7.81. The Labute approximate surface area is 141 Å². The largest absolute Gasteiger partial charge is 0.494 e. The minimum absolute atomic E-state index is 0.108. The van der Waals surface area contributed by atoms with Gasteiger partial charge in [0.05, 0.1) is 13.2 Å². The van der Waals surface area contributed by atoms with Crippen molar-refractivity contribution in [1.29, 1.82) is 0 Å². The summed E-state index contributed by atoms with van der Waals surface area (Å²) in [6, 6.07) is 6.81. The SMILES string of the molecule is CN=C(NCc1cc(C)oc1C)NC(C)c1ccc(OC)c(F)c1. The van der Waals surface area contributed by atoms with Crippen molar-refractivity contribution in [3.05, 3.63) is 52.7 Å². The molecule has 0 amide bonds. The molecular weight excluding hydrogens is 309 g/mol. The van der Waals surface area contributed by atoms with Gasteiger partial charge in [0.25, 0.3) is 0 Å². The fraction of sp³-hybridized carbons (Fsp3) is 0.389. The van der Waals surface area contributed by atoms with E-state index in [1.165, 1.54) is 13.2 Å². The summed E-state index contributed by atoms with van der Waals surface area (Å²) in [4.78, 5) is 4.21. The van der Waals surface area contributed by atoms with Gasteiger partial charge in [0, 0.05) is 19.2 Å². The molecule has 2 N–H and O–H groups in total. The lowest BCUT2D eigenvalue weighted by molar-refractivity contribution is 0.386. The zero-order chi connectivity index (χ0) is 17.7. The second-order valence-electron chi connectivity index (χ2n) is 5.62. The number of ether oxygens (including phenoxy) is 1. The van der Waals surface area contributed by atoms with Crippen LogP contribution in [0.1, 0.15) is 35.6 Å². The number of hydrogen-bond acceptors (Lipinski definition) is 3. The predicted molar refractivity (Wildman–Crippen MR) is 92.9 cm³/mol. The van der Waals surface area contributed by atoms with Crippen LogP contribution in [0.15, 0.2) is 33.7 Å². The number of furan rings is 1. The summed E-state index contributed by atoms with van der Waals surface area (Å²) in [6.45, 7) is 6.40. The number of methoxy groups -OCH3 is 1. The normalized spacial score (nSPS) is 12.8. The molecule has 130 valence electrons. The van der Waals surface area contributed by atoms with Gasteiger partial charge in [-0.1, -0.05) is 6.07 Å². The number of hydrogen-bond donors (Lipinski definition) is 2. The van der Waals surface area contributed by atoms with Crippen molar-refractivity contribution in [2.24, 2.45) is 4.99 Å². The van der Waals surface area contributed by atoms with Gasteiger partial charge in [-0.15, -0.1) is 0 Å². The van der Waals surface area contributed by atoms with E-state index in [0.717, 1.165) is 22.6 Å². The van der Waals surface area contributed by atoms with E-state index in [1.54, 1.807) is 13.1 Å². The highest BCUT2D eigenvalue weighted by molar-refractivity contribution is 5.80. The first-order chi connectivity index (χ1) is 11.4. The Bertz CT molecular complexity index is 725. The lowest BCUT2D eigenvalue weighted by Crippen LogP contribution is -2.38. The van der Waals surface area contributed by atoms with Crippen LogP contribution in [-0.4, -0.2) is 20.1 Å². The van der Waals surface area contributed by atoms with Crippen molar-refractivity contribution in [2.75, 3.05) is 14.2 Å². The number of nitrogens with one attached hydrogen (secondary N) is 2. The number of rotatable bonds is 5. The first-order valence-corrected chi connectivity index (χ1v) is 7.81. The van der Waals surface area contributed by atoms with Crippen LogP contribution in [0.2, 0.25) is 0 Å². The van der Waals surface area contributed by atoms with Crippen molar-refractivity contribution in [1.82, 2.24) is 10.6 Å². The standard InChI is InChI=1S/C18H24FN3O2/c1-11-8-15(13(3)24-11)10-21-18(20-4)22-12(2)14-6-7-17(23-5)16(19)9-14/h6-9,12H,10H2,1-5H3,(H2,20,21,22). The molecule has 6 heteroatoms. The van der Waals surface area contributed by atoms with Crippen LogP contribution < -0.4 is 15.4 Å². The summed E-state index contributed by atoms with van der Waals surface area (Å²) in [7, 11) is 3.15. The van der Waals surface area contributed by atoms with Gasteiger partial charge in [-0.05, 0) is 44.5 Å². The summed E-state index contributed by atoms with van der Waals surface area (Å²) >= 11 is 0. The molecule has 0 aliphatic rings. The van der Waals surface area contributed by atoms with Crippen LogP contribution in [0.3, 0.4) is 0 Å². The summed E-state index contributed by atoms with van der Waals surface area (Å²) in [5, 5.41) is 6.48. The lowest BCUT2D eigenvalue weighted by Gasteiger charge is -2.18. The molecule has 0 bridgehead atoms. The lowest BCUT2D eigenvalue weighted by atomic mass is 10.1. The zero-order valence-electron chi connectivity index (χ0n) is 14.7. The van der Waals surface area contributed by atoms with Gasteiger partial charge < -0.3 is 19.8 Å². The maximum atomic E-state index is 13.8. The van der Waals surface area contributed by atoms with E-state index in [2.05, 4.69) is 15.6 Å². The van der Waals surface area contributed by atoms with Gasteiger partial charge in [-0.3, -0.25) is 4.99 Å². The quantitative estimate of drug-likeness (QED) is 0.650. The molecule has 1 atom stereocenters. The average molecular weight is 333 g/mol. The molecule has 0 spiro atoms. The second-order valence-corrected chi connectivity index (χ2v) is 5.62. The van der Waals surface area contributed by atoms with Crippen molar-refractivity contribution in [3.63, 3.8) is 0 Å². The van der Waals surface area contributed by atoms with E-state index in [9.17, 15) is 4.39 Å². The fourth-order valence-electron chi connectivity index (χ4n) is 2.47. The van der Waals surface area contributed by atoms with E-state index in [1.807, 2.05) is 32.9 Å². The highest BCUT2D eigenvalue weighted by atomic mass is 19.1. The minimum Gasteiger partial charge on any atom is -0.494 e. The van der Waals surface area contributed by atoms with Gasteiger partial charge in [-0.2, -0.15) is 0 Å². The van der Waals surface area contributed by atoms with Crippen LogP contribution in [0.25, 0.3) is 0 Å². The molecule has 1 aromatic heterocycles. The van der Waals surface area contributed by atoms with Gasteiger partial charge in [-0.25, -0.2) is 4.39 Å². The fourth-order valence-corrected chi connectivity index (χ4v) is 2.47. The Morgan fingerprint density at radius 3 is 2.62 bits per heavy atom. The summed E-state index contributed by atoms with van der Waals surface area (Å²) in [6.07, 6.45) is 0. The maximum absolute atomic E-state index is 13.8. The third kappa shape index (κ3) is 4.28. The smallest absolute Gasteiger partial charge is 0.191 e. The van der Waals surface area contributed by atoms with Crippen LogP contribution in [0.5, 0.6) is 5.75 Å². The molecule has 0 aliphatic heterocycles. The molecule has 1 heterocycles. The van der Waals surface area contributed by atoms with Gasteiger partial charge >= 0.3 is 0 Å². The monoisotopic (exact) mass is 333 g/mol. The van der Waals surface area contributed by atoms with E-state index in [0.29, 0.717) is 12.5 Å². The molecule has 0 aliphatic carbocycles. The van der Waals surface area contributed by atoms with E-state index >= 15 is 0 Å². The molecule has 1 unspecified atom stereocenters. The summed E-state index contributed by atoms with van der Waals surface area (Å²) in [5.41, 5.74) is 1.89. The number of guanidine groups is 1. The third-order valence-corrected chi connectivity index (χ3v) is 3.84. The van der Waals surface area contributed by atoms with E-state index < -0.39 is 0 Å². The topological polar surface area (TPSA) is 58.8 Å². The molecule has 2 rings (SSSR count). The Hall–Kier alpha value is -2.50. The average Bonchev–Trinajstić information content (AvgIpc) is 2.88. The Kier molecular flexibility index (Phi) is 5.84. The molecule has 24 heavy (non-hydrogen) atoms. The van der Waals surface area contributed by atoms with Crippen molar-refractivity contribution in [3.8, 4) is 5.75 Å². The molecule has 2 aromatic rings. The van der Waals surface area contributed by atoms with Crippen molar-refractivity contribution >= 4 is 5.96 Å². The second kappa shape index (κ2) is 7.86. The molecule has 5 nitrogen and oxygen atoms in total. The van der Waals surface area contributed by atoms with Crippen molar-refractivity contribution in [2.45, 2.75) is 33.4 Å². The van der Waals surface area contributed by atoms with Crippen LogP contribution in [-0.2, 0) is 6.54 Å². The number of benzene rings is 1. The number of nitrogens with zero attached hydrogens (tertiary/aromatic N) is 1. The van der Waals surface area contributed by atoms with Crippen LogP contribution in [0.4, 0.5) is 4.39 Å². The highest BCUT2D eigenvalue weighted by Crippen LogP contribution is 2.21. The molecular formula is C18H24FN3O2. The minimum atomic E-state index is -0.379. The van der Waals surface area contributed by atoms with Crippen LogP contribution in [0, 0.1) is 19.7 Å². The summed E-state index contributed by atoms with van der Waals surface area (Å²) < 4.78 is 24.3.